The van der Waals surface area contributed by atoms with Gasteiger partial charge in [-0.2, -0.15) is 0 Å². The van der Waals surface area contributed by atoms with Gasteiger partial charge in [0.15, 0.2) is 0 Å². The minimum absolute atomic E-state index is 0.732. The maximum atomic E-state index is 4.66. The molecule has 0 amide bonds. The molecule has 4 nitrogen and oxygen atoms in total. The van der Waals surface area contributed by atoms with Gasteiger partial charge in [0, 0.05) is 24.0 Å². The molecule has 1 N–H and O–H groups in total. The van der Waals surface area contributed by atoms with Gasteiger partial charge in [0.05, 0.1) is 5.52 Å². The standard InChI is InChI=1S/C15H16N4S/c1-2-9-16-15-19-18-14(20-15)10-12-8-7-11-5-3-4-6-13(11)17-12/h3-8H,2,9-10H2,1H3,(H,16,19). The van der Waals surface area contributed by atoms with E-state index < -0.39 is 0 Å². The molecule has 0 radical (unpaired) electrons. The van der Waals surface area contributed by atoms with Gasteiger partial charge in [-0.3, -0.25) is 4.98 Å². The van der Waals surface area contributed by atoms with Crippen molar-refractivity contribution < 1.29 is 0 Å². The number of hydrogen-bond donors (Lipinski definition) is 1. The fourth-order valence-corrected chi connectivity index (χ4v) is 2.77. The summed E-state index contributed by atoms with van der Waals surface area (Å²) >= 11 is 1.60. The minimum atomic E-state index is 0.732. The molecule has 0 saturated carbocycles. The SMILES string of the molecule is CCCNc1nnc(Cc2ccc3ccccc3n2)s1. The van der Waals surface area contributed by atoms with Crippen LogP contribution in [0.5, 0.6) is 0 Å². The molecule has 102 valence electrons. The van der Waals surface area contributed by atoms with Gasteiger partial charge in [0.1, 0.15) is 5.01 Å². The zero-order valence-corrected chi connectivity index (χ0v) is 12.2. The zero-order valence-electron chi connectivity index (χ0n) is 11.3. The summed E-state index contributed by atoms with van der Waals surface area (Å²) in [7, 11) is 0. The molecular weight excluding hydrogens is 268 g/mol. The van der Waals surface area contributed by atoms with E-state index in [-0.39, 0.29) is 0 Å². The van der Waals surface area contributed by atoms with Crippen molar-refractivity contribution in [1.29, 1.82) is 0 Å². The molecule has 0 unspecified atom stereocenters. The van der Waals surface area contributed by atoms with Gasteiger partial charge in [-0.05, 0) is 18.6 Å². The number of benzene rings is 1. The van der Waals surface area contributed by atoms with Crippen molar-refractivity contribution in [3.8, 4) is 0 Å². The van der Waals surface area contributed by atoms with Crippen LogP contribution in [-0.2, 0) is 6.42 Å². The smallest absolute Gasteiger partial charge is 0.205 e. The number of anilines is 1. The van der Waals surface area contributed by atoms with Crippen LogP contribution >= 0.6 is 11.3 Å². The molecule has 0 bridgehead atoms. The number of nitrogens with one attached hydrogen (secondary N) is 1. The Hall–Kier alpha value is -2.01. The highest BCUT2D eigenvalue weighted by Crippen LogP contribution is 2.19. The highest BCUT2D eigenvalue weighted by molar-refractivity contribution is 7.15. The van der Waals surface area contributed by atoms with Crippen molar-refractivity contribution in [1.82, 2.24) is 15.2 Å². The second-order valence-corrected chi connectivity index (χ2v) is 5.66. The van der Waals surface area contributed by atoms with Crippen molar-refractivity contribution in [2.75, 3.05) is 11.9 Å². The summed E-state index contributed by atoms with van der Waals surface area (Å²) < 4.78 is 0. The van der Waals surface area contributed by atoms with Crippen LogP contribution in [0.25, 0.3) is 10.9 Å². The summed E-state index contributed by atoms with van der Waals surface area (Å²) in [5, 5.41) is 14.7. The molecular formula is C15H16N4S. The highest BCUT2D eigenvalue weighted by atomic mass is 32.1. The lowest BCUT2D eigenvalue weighted by Gasteiger charge is -2.00. The first-order valence-corrected chi connectivity index (χ1v) is 7.57. The normalized spacial score (nSPS) is 10.8. The number of hydrogen-bond acceptors (Lipinski definition) is 5. The third-order valence-electron chi connectivity index (χ3n) is 2.98. The molecule has 3 aromatic rings. The van der Waals surface area contributed by atoms with Crippen molar-refractivity contribution in [2.45, 2.75) is 19.8 Å². The Morgan fingerprint density at radius 3 is 2.90 bits per heavy atom. The van der Waals surface area contributed by atoms with Crippen molar-refractivity contribution in [3.63, 3.8) is 0 Å². The molecule has 0 atom stereocenters. The number of nitrogens with zero attached hydrogens (tertiary/aromatic N) is 3. The van der Waals surface area contributed by atoms with E-state index in [2.05, 4.69) is 45.6 Å². The fourth-order valence-electron chi connectivity index (χ4n) is 1.99. The van der Waals surface area contributed by atoms with E-state index in [9.17, 15) is 0 Å². The number of pyridine rings is 1. The van der Waals surface area contributed by atoms with E-state index in [1.807, 2.05) is 18.2 Å². The first-order valence-electron chi connectivity index (χ1n) is 6.76. The summed E-state index contributed by atoms with van der Waals surface area (Å²) in [4.78, 5) is 4.66. The average molecular weight is 284 g/mol. The minimum Gasteiger partial charge on any atom is -0.360 e. The van der Waals surface area contributed by atoms with Gasteiger partial charge in [0.2, 0.25) is 5.13 Å². The Morgan fingerprint density at radius 1 is 1.10 bits per heavy atom. The molecule has 1 aromatic carbocycles. The van der Waals surface area contributed by atoms with Crippen LogP contribution in [0, 0.1) is 0 Å². The topological polar surface area (TPSA) is 50.7 Å². The first kappa shape index (κ1) is 13.0. The molecule has 3 rings (SSSR count). The molecule has 5 heteroatoms. The first-order chi connectivity index (χ1) is 9.85. The summed E-state index contributed by atoms with van der Waals surface area (Å²) in [6.45, 7) is 3.07. The van der Waals surface area contributed by atoms with Gasteiger partial charge in [-0.1, -0.05) is 42.5 Å². The predicted molar refractivity (Wildman–Crippen MR) is 83.2 cm³/mol. The van der Waals surface area contributed by atoms with E-state index in [1.165, 1.54) is 5.39 Å². The molecule has 2 aromatic heterocycles. The summed E-state index contributed by atoms with van der Waals surface area (Å²) in [5.74, 6) is 0. The molecule has 0 aliphatic carbocycles. The lowest BCUT2D eigenvalue weighted by atomic mass is 10.2. The Kier molecular flexibility index (Phi) is 3.87. The number of rotatable bonds is 5. The second-order valence-electron chi connectivity index (χ2n) is 4.60. The van der Waals surface area contributed by atoms with Crippen LogP contribution in [0.2, 0.25) is 0 Å². The third-order valence-corrected chi connectivity index (χ3v) is 3.86. The van der Waals surface area contributed by atoms with E-state index in [0.717, 1.165) is 40.7 Å². The zero-order chi connectivity index (χ0) is 13.8. The van der Waals surface area contributed by atoms with Gasteiger partial charge in [-0.15, -0.1) is 10.2 Å². The second kappa shape index (κ2) is 5.96. The van der Waals surface area contributed by atoms with E-state index in [1.54, 1.807) is 11.3 Å². The Balaban J connectivity index is 1.76. The quantitative estimate of drug-likeness (QED) is 0.779. The van der Waals surface area contributed by atoms with Gasteiger partial charge in [0.25, 0.3) is 0 Å². The summed E-state index contributed by atoms with van der Waals surface area (Å²) in [6.07, 6.45) is 1.82. The lowest BCUT2D eigenvalue weighted by molar-refractivity contribution is 0.947. The van der Waals surface area contributed by atoms with E-state index >= 15 is 0 Å². The van der Waals surface area contributed by atoms with Crippen molar-refractivity contribution in [2.24, 2.45) is 0 Å². The van der Waals surface area contributed by atoms with Crippen LogP contribution in [-0.4, -0.2) is 21.7 Å². The van der Waals surface area contributed by atoms with Crippen molar-refractivity contribution >= 4 is 27.4 Å². The molecule has 0 spiro atoms. The number of para-hydroxylation sites is 1. The molecule has 20 heavy (non-hydrogen) atoms. The van der Waals surface area contributed by atoms with Gasteiger partial charge in [-0.25, -0.2) is 0 Å². The Bertz CT molecular complexity index is 708. The monoisotopic (exact) mass is 284 g/mol. The third kappa shape index (κ3) is 2.93. The largest absolute Gasteiger partial charge is 0.360 e. The van der Waals surface area contributed by atoms with E-state index in [4.69, 9.17) is 0 Å². The van der Waals surface area contributed by atoms with Gasteiger partial charge >= 0.3 is 0 Å². The maximum Gasteiger partial charge on any atom is 0.205 e. The Morgan fingerprint density at radius 2 is 2.00 bits per heavy atom. The Labute approximate surface area is 121 Å². The molecule has 0 aliphatic heterocycles. The predicted octanol–water partition coefficient (Wildman–Crippen LogP) is 3.50. The lowest BCUT2D eigenvalue weighted by Crippen LogP contribution is -1.98. The molecule has 2 heterocycles. The molecule has 0 saturated heterocycles. The van der Waals surface area contributed by atoms with Crippen LogP contribution in [0.3, 0.4) is 0 Å². The van der Waals surface area contributed by atoms with Crippen LogP contribution in [0.1, 0.15) is 24.0 Å². The summed E-state index contributed by atoms with van der Waals surface area (Å²) in [6, 6.07) is 12.3. The van der Waals surface area contributed by atoms with Crippen molar-refractivity contribution in [3.05, 3.63) is 47.1 Å². The van der Waals surface area contributed by atoms with Crippen LogP contribution < -0.4 is 5.32 Å². The molecule has 0 aliphatic rings. The highest BCUT2D eigenvalue weighted by Gasteiger charge is 2.06. The number of fused-ring (bicyclic) bond motifs is 1. The fraction of sp³-hybridized carbons (Fsp3) is 0.267. The van der Waals surface area contributed by atoms with Gasteiger partial charge < -0.3 is 5.32 Å². The van der Waals surface area contributed by atoms with Crippen LogP contribution in [0.15, 0.2) is 36.4 Å². The maximum absolute atomic E-state index is 4.66. The molecule has 0 fully saturated rings. The number of aromatic nitrogens is 3. The van der Waals surface area contributed by atoms with Crippen LogP contribution in [0.4, 0.5) is 5.13 Å². The average Bonchev–Trinajstić information content (AvgIpc) is 2.92. The van der Waals surface area contributed by atoms with E-state index in [0.29, 0.717) is 0 Å². The summed E-state index contributed by atoms with van der Waals surface area (Å²) in [5.41, 5.74) is 2.06.